The van der Waals surface area contributed by atoms with Crippen molar-refractivity contribution in [2.75, 3.05) is 11.9 Å². The van der Waals surface area contributed by atoms with Gasteiger partial charge in [0.25, 0.3) is 11.8 Å². The number of nitrogens with zero attached hydrogens (tertiary/aromatic N) is 2. The maximum absolute atomic E-state index is 13.2. The number of amides is 2. The number of carbonyl (C=O) groups is 2. The number of anilines is 3. The number of para-hydroxylation sites is 2. The molecule has 6 aromatic carbocycles. The molecule has 4 nitrogen and oxygen atoms in total. The van der Waals surface area contributed by atoms with Gasteiger partial charge in [0.15, 0.2) is 8.07 Å². The minimum atomic E-state index is -2.65. The Morgan fingerprint density at radius 2 is 0.929 bits per heavy atom. The highest BCUT2D eigenvalue weighted by molar-refractivity contribution is 7.23. The van der Waals surface area contributed by atoms with Gasteiger partial charge in [0.05, 0.1) is 5.69 Å². The summed E-state index contributed by atoms with van der Waals surface area (Å²) in [7, 11) is -1.10. The SMILES string of the molecule is CN1C(=O)c2cccc3c(N4c5ccccc5[Si]5(c6ccccc6-c6ccccc65)c5ccccc54)ccc(c23)C1=O. The first-order chi connectivity index (χ1) is 20.6. The maximum atomic E-state index is 13.2. The summed E-state index contributed by atoms with van der Waals surface area (Å²) in [5, 5.41) is 7.15. The van der Waals surface area contributed by atoms with E-state index in [1.54, 1.807) is 7.05 Å². The van der Waals surface area contributed by atoms with Gasteiger partial charge in [0, 0.05) is 40.3 Å². The van der Waals surface area contributed by atoms with Crippen LogP contribution >= 0.6 is 0 Å². The average molecular weight is 557 g/mol. The zero-order valence-corrected chi connectivity index (χ0v) is 23.8. The van der Waals surface area contributed by atoms with Gasteiger partial charge in [-0.2, -0.15) is 0 Å². The van der Waals surface area contributed by atoms with Crippen molar-refractivity contribution in [3.05, 3.63) is 139 Å². The topological polar surface area (TPSA) is 40.6 Å². The number of hydrogen-bond donors (Lipinski definition) is 0. The molecule has 0 fully saturated rings. The quantitative estimate of drug-likeness (QED) is 0.206. The van der Waals surface area contributed by atoms with Gasteiger partial charge in [-0.15, -0.1) is 0 Å². The van der Waals surface area contributed by atoms with Crippen molar-refractivity contribution in [3.8, 4) is 11.1 Å². The van der Waals surface area contributed by atoms with E-state index in [0.29, 0.717) is 11.1 Å². The molecule has 0 aliphatic carbocycles. The largest absolute Gasteiger partial charge is 0.310 e. The molecule has 0 unspecified atom stereocenters. The van der Waals surface area contributed by atoms with Crippen LogP contribution in [0.4, 0.5) is 17.1 Å². The van der Waals surface area contributed by atoms with Crippen LogP contribution in [0.1, 0.15) is 20.7 Å². The minimum Gasteiger partial charge on any atom is -0.310 e. The van der Waals surface area contributed by atoms with E-state index in [-0.39, 0.29) is 11.8 Å². The molecule has 0 aromatic heterocycles. The number of carbonyl (C=O) groups excluding carboxylic acids is 2. The van der Waals surface area contributed by atoms with Crippen molar-refractivity contribution in [2.24, 2.45) is 0 Å². The van der Waals surface area contributed by atoms with Crippen LogP contribution in [0.3, 0.4) is 0 Å². The molecule has 0 N–H and O–H groups in total. The van der Waals surface area contributed by atoms with Gasteiger partial charge in [0.2, 0.25) is 0 Å². The standard InChI is InChI=1S/C37H24N2O2Si/c1-38-36(40)26-14-10-13-25-28(22-21-27(35(25)26)37(38)41)39-29-15-4-8-19-33(29)42(34-20-9-5-16-30(34)39)31-17-6-2-11-23(31)24-12-3-7-18-32(24)42/h2-22H,1H3. The second-order valence-corrected chi connectivity index (χ2v) is 14.9. The Hall–Kier alpha value is -5.26. The fourth-order valence-corrected chi connectivity index (χ4v) is 13.2. The van der Waals surface area contributed by atoms with Gasteiger partial charge < -0.3 is 4.90 Å². The van der Waals surface area contributed by atoms with Gasteiger partial charge >= 0.3 is 0 Å². The number of imide groups is 1. The molecule has 0 radical (unpaired) electrons. The third-order valence-electron chi connectivity index (χ3n) is 9.38. The summed E-state index contributed by atoms with van der Waals surface area (Å²) in [4.78, 5) is 30.0. The van der Waals surface area contributed by atoms with Gasteiger partial charge in [-0.3, -0.25) is 14.5 Å². The summed E-state index contributed by atoms with van der Waals surface area (Å²) in [5.74, 6) is -0.527. The first kappa shape index (κ1) is 23.4. The summed E-state index contributed by atoms with van der Waals surface area (Å²) in [6.07, 6.45) is 0. The highest BCUT2D eigenvalue weighted by Gasteiger charge is 2.53. The molecule has 1 spiro atoms. The van der Waals surface area contributed by atoms with Crippen LogP contribution in [0.15, 0.2) is 127 Å². The van der Waals surface area contributed by atoms with Crippen LogP contribution in [0.2, 0.25) is 0 Å². The number of rotatable bonds is 1. The van der Waals surface area contributed by atoms with Crippen LogP contribution in [0.25, 0.3) is 21.9 Å². The molecule has 198 valence electrons. The summed E-state index contributed by atoms with van der Waals surface area (Å²) in [6.45, 7) is 0. The van der Waals surface area contributed by atoms with Crippen LogP contribution in [-0.4, -0.2) is 31.8 Å². The normalized spacial score (nSPS) is 15.5. The summed E-state index contributed by atoms with van der Waals surface area (Å²) in [5.41, 5.74) is 7.01. The van der Waals surface area contributed by atoms with E-state index >= 15 is 0 Å². The monoisotopic (exact) mass is 556 g/mol. The molecule has 3 aliphatic rings. The molecule has 0 saturated heterocycles. The van der Waals surface area contributed by atoms with Gasteiger partial charge in [0.1, 0.15) is 0 Å². The zero-order chi connectivity index (χ0) is 28.2. The molecule has 0 bridgehead atoms. The maximum Gasteiger partial charge on any atom is 0.261 e. The highest BCUT2D eigenvalue weighted by atomic mass is 28.3. The van der Waals surface area contributed by atoms with Crippen molar-refractivity contribution < 1.29 is 9.59 Å². The van der Waals surface area contributed by atoms with E-state index in [0.717, 1.165) is 27.8 Å². The van der Waals surface area contributed by atoms with Crippen molar-refractivity contribution in [3.63, 3.8) is 0 Å². The molecule has 2 amide bonds. The molecule has 5 heteroatoms. The molecular weight excluding hydrogens is 533 g/mol. The Morgan fingerprint density at radius 1 is 0.452 bits per heavy atom. The Labute approximate surface area is 244 Å². The lowest BCUT2D eigenvalue weighted by Crippen LogP contribution is -2.75. The Kier molecular flexibility index (Phi) is 4.55. The second-order valence-electron chi connectivity index (χ2n) is 11.2. The van der Waals surface area contributed by atoms with E-state index in [1.807, 2.05) is 30.3 Å². The van der Waals surface area contributed by atoms with E-state index in [9.17, 15) is 9.59 Å². The van der Waals surface area contributed by atoms with Crippen LogP contribution in [0, 0.1) is 0 Å². The predicted octanol–water partition coefficient (Wildman–Crippen LogP) is 5.21. The van der Waals surface area contributed by atoms with Crippen LogP contribution in [-0.2, 0) is 0 Å². The van der Waals surface area contributed by atoms with E-state index < -0.39 is 8.07 Å². The van der Waals surface area contributed by atoms with Crippen molar-refractivity contribution in [1.29, 1.82) is 0 Å². The molecule has 0 atom stereocenters. The molecule has 6 aromatic rings. The number of fused-ring (bicyclic) bond motifs is 9. The van der Waals surface area contributed by atoms with Crippen LogP contribution in [0.5, 0.6) is 0 Å². The summed E-state index contributed by atoms with van der Waals surface area (Å²) < 4.78 is 0. The molecule has 9 rings (SSSR count). The van der Waals surface area contributed by atoms with Gasteiger partial charge in [-0.05, 0) is 62.2 Å². The van der Waals surface area contributed by atoms with E-state index in [1.165, 1.54) is 36.8 Å². The van der Waals surface area contributed by atoms with Crippen molar-refractivity contribution >= 4 is 68.5 Å². The lowest BCUT2D eigenvalue weighted by atomic mass is 9.92. The smallest absolute Gasteiger partial charge is 0.261 e. The molecular formula is C37H24N2O2Si. The second kappa shape index (κ2) is 8.15. The van der Waals surface area contributed by atoms with Gasteiger partial charge in [-0.25, -0.2) is 0 Å². The van der Waals surface area contributed by atoms with Crippen LogP contribution < -0.4 is 25.6 Å². The van der Waals surface area contributed by atoms with Gasteiger partial charge in [-0.1, -0.05) is 97.1 Å². The zero-order valence-electron chi connectivity index (χ0n) is 22.8. The molecule has 0 saturated carbocycles. The lowest BCUT2D eigenvalue weighted by molar-refractivity contribution is 0.0650. The Bertz CT molecular complexity index is 2070. The third kappa shape index (κ3) is 2.67. The fourth-order valence-electron chi connectivity index (χ4n) is 7.72. The number of benzene rings is 6. The Morgan fingerprint density at radius 3 is 1.52 bits per heavy atom. The third-order valence-corrected chi connectivity index (χ3v) is 14.3. The highest BCUT2D eigenvalue weighted by Crippen LogP contribution is 2.45. The predicted molar refractivity (Wildman–Crippen MR) is 171 cm³/mol. The fraction of sp³-hybridized carbons (Fsp3) is 0.0270. The van der Waals surface area contributed by atoms with E-state index in [4.69, 9.17) is 0 Å². The molecule has 42 heavy (non-hydrogen) atoms. The van der Waals surface area contributed by atoms with E-state index in [2.05, 4.69) is 102 Å². The number of hydrogen-bond acceptors (Lipinski definition) is 3. The molecule has 3 heterocycles. The summed E-state index contributed by atoms with van der Waals surface area (Å²) in [6, 6.07) is 45.2. The molecule has 3 aliphatic heterocycles. The average Bonchev–Trinajstić information content (AvgIpc) is 3.34. The minimum absolute atomic E-state index is 0.264. The lowest BCUT2D eigenvalue weighted by Gasteiger charge is -2.44. The summed E-state index contributed by atoms with van der Waals surface area (Å²) >= 11 is 0. The Balaban J connectivity index is 1.41. The van der Waals surface area contributed by atoms with Crippen molar-refractivity contribution in [1.82, 2.24) is 4.90 Å². The van der Waals surface area contributed by atoms with Crippen molar-refractivity contribution in [2.45, 2.75) is 0 Å². The first-order valence-electron chi connectivity index (χ1n) is 14.2. The first-order valence-corrected chi connectivity index (χ1v) is 16.2.